The van der Waals surface area contributed by atoms with E-state index in [1.165, 1.54) is 12.8 Å². The molecule has 0 rings (SSSR count). The van der Waals surface area contributed by atoms with E-state index in [9.17, 15) is 13.2 Å². The van der Waals surface area contributed by atoms with E-state index >= 15 is 0 Å². The molecule has 1 N–H and O–H groups in total. The molecule has 0 spiro atoms. The van der Waals surface area contributed by atoms with Gasteiger partial charge in [-0.2, -0.15) is 0 Å². The Kier molecular flexibility index (Phi) is 7.47. The Morgan fingerprint density at radius 1 is 1.07 bits per heavy atom. The second-order valence-electron chi connectivity index (χ2n) is 3.32. The van der Waals surface area contributed by atoms with Gasteiger partial charge in [-0.3, -0.25) is 9.52 Å². The monoisotopic (exact) mass is 221 g/mol. The summed E-state index contributed by atoms with van der Waals surface area (Å²) in [6, 6.07) is 0. The molecule has 0 aliphatic heterocycles. The van der Waals surface area contributed by atoms with Gasteiger partial charge in [0.05, 0.1) is 5.75 Å². The molecule has 0 aliphatic rings. The fourth-order valence-electron chi connectivity index (χ4n) is 1.20. The lowest BCUT2D eigenvalue weighted by Gasteiger charge is -2.01. The fourth-order valence-corrected chi connectivity index (χ4v) is 2.05. The molecule has 0 unspecified atom stereocenters. The Morgan fingerprint density at radius 3 is 2.21 bits per heavy atom. The first-order valence-corrected chi connectivity index (χ1v) is 6.71. The average molecular weight is 221 g/mol. The molecule has 0 aromatic carbocycles. The van der Waals surface area contributed by atoms with Gasteiger partial charge in [0.2, 0.25) is 16.4 Å². The maximum absolute atomic E-state index is 11.0. The van der Waals surface area contributed by atoms with Gasteiger partial charge in [-0.15, -0.1) is 0 Å². The molecule has 0 bridgehead atoms. The van der Waals surface area contributed by atoms with E-state index in [0.717, 1.165) is 19.3 Å². The molecular weight excluding hydrogens is 202 g/mol. The van der Waals surface area contributed by atoms with Crippen LogP contribution in [0.5, 0.6) is 0 Å². The molecular formula is C9H19NO3S. The summed E-state index contributed by atoms with van der Waals surface area (Å²) in [5, 5.41) is 0. The lowest BCUT2D eigenvalue weighted by Crippen LogP contribution is -2.24. The van der Waals surface area contributed by atoms with Gasteiger partial charge in [0.1, 0.15) is 0 Å². The summed E-state index contributed by atoms with van der Waals surface area (Å²) in [5.74, 6) is 0.0534. The number of unbranched alkanes of at least 4 members (excludes halogenated alkanes) is 5. The van der Waals surface area contributed by atoms with E-state index < -0.39 is 10.0 Å². The van der Waals surface area contributed by atoms with Crippen molar-refractivity contribution in [2.75, 3.05) is 5.75 Å². The maximum Gasteiger partial charge on any atom is 0.234 e. The van der Waals surface area contributed by atoms with Crippen LogP contribution in [0.1, 0.15) is 45.4 Å². The van der Waals surface area contributed by atoms with E-state index in [2.05, 4.69) is 6.92 Å². The second-order valence-corrected chi connectivity index (χ2v) is 5.20. The van der Waals surface area contributed by atoms with Crippen molar-refractivity contribution >= 4 is 16.4 Å². The summed E-state index contributed by atoms with van der Waals surface area (Å²) in [6.07, 6.45) is 6.39. The van der Waals surface area contributed by atoms with Crippen LogP contribution in [0.15, 0.2) is 0 Å². The Bertz CT molecular complexity index is 236. The van der Waals surface area contributed by atoms with Crippen molar-refractivity contribution in [1.82, 2.24) is 4.72 Å². The van der Waals surface area contributed by atoms with Gasteiger partial charge in [-0.1, -0.05) is 39.0 Å². The number of hydrogen-bond donors (Lipinski definition) is 1. The van der Waals surface area contributed by atoms with Crippen LogP contribution in [0.2, 0.25) is 0 Å². The topological polar surface area (TPSA) is 63.2 Å². The highest BCUT2D eigenvalue weighted by atomic mass is 32.2. The van der Waals surface area contributed by atoms with Crippen LogP contribution in [-0.2, 0) is 14.8 Å². The first-order valence-electron chi connectivity index (χ1n) is 5.06. The minimum Gasteiger partial charge on any atom is -0.278 e. The van der Waals surface area contributed by atoms with Crippen molar-refractivity contribution in [2.45, 2.75) is 45.4 Å². The van der Waals surface area contributed by atoms with Gasteiger partial charge in [0, 0.05) is 0 Å². The Morgan fingerprint density at radius 2 is 1.64 bits per heavy atom. The van der Waals surface area contributed by atoms with E-state index in [-0.39, 0.29) is 12.2 Å². The summed E-state index contributed by atoms with van der Waals surface area (Å²) in [7, 11) is -3.34. The number of sulfonamides is 1. The molecule has 5 heteroatoms. The average Bonchev–Trinajstić information content (AvgIpc) is 2.11. The molecule has 0 radical (unpaired) electrons. The number of hydrogen-bond acceptors (Lipinski definition) is 3. The van der Waals surface area contributed by atoms with Gasteiger partial charge in [0.15, 0.2) is 0 Å². The van der Waals surface area contributed by atoms with E-state index in [1.54, 1.807) is 0 Å². The summed E-state index contributed by atoms with van der Waals surface area (Å²) in [6.45, 7) is 2.14. The summed E-state index contributed by atoms with van der Waals surface area (Å²) >= 11 is 0. The largest absolute Gasteiger partial charge is 0.278 e. The van der Waals surface area contributed by atoms with Crippen LogP contribution in [0.25, 0.3) is 0 Å². The molecule has 0 aromatic heterocycles. The number of carbonyl (C=O) groups is 1. The lowest BCUT2D eigenvalue weighted by atomic mass is 10.1. The maximum atomic E-state index is 11.0. The molecule has 84 valence electrons. The van der Waals surface area contributed by atoms with Crippen molar-refractivity contribution in [2.24, 2.45) is 0 Å². The summed E-state index contributed by atoms with van der Waals surface area (Å²) in [5.41, 5.74) is 0. The lowest BCUT2D eigenvalue weighted by molar-refractivity contribution is -0.108. The molecule has 0 saturated carbocycles. The zero-order valence-corrected chi connectivity index (χ0v) is 9.48. The van der Waals surface area contributed by atoms with Crippen molar-refractivity contribution in [3.8, 4) is 0 Å². The Balaban J connectivity index is 3.40. The smallest absolute Gasteiger partial charge is 0.234 e. The number of rotatable bonds is 9. The van der Waals surface area contributed by atoms with Crippen LogP contribution in [0, 0.1) is 0 Å². The van der Waals surface area contributed by atoms with Gasteiger partial charge in [-0.05, 0) is 6.42 Å². The van der Waals surface area contributed by atoms with Crippen molar-refractivity contribution in [3.05, 3.63) is 0 Å². The first-order chi connectivity index (χ1) is 6.62. The molecule has 0 fully saturated rings. The summed E-state index contributed by atoms with van der Waals surface area (Å²) in [4.78, 5) is 9.90. The van der Waals surface area contributed by atoms with Crippen LogP contribution >= 0.6 is 0 Å². The predicted molar refractivity (Wildman–Crippen MR) is 56.4 cm³/mol. The number of amides is 1. The Hall–Kier alpha value is -0.580. The molecule has 0 heterocycles. The zero-order valence-electron chi connectivity index (χ0n) is 8.66. The quantitative estimate of drug-likeness (QED) is 0.473. The summed E-state index contributed by atoms with van der Waals surface area (Å²) < 4.78 is 23.8. The highest BCUT2D eigenvalue weighted by Crippen LogP contribution is 2.05. The van der Waals surface area contributed by atoms with Crippen LogP contribution in [0.3, 0.4) is 0 Å². The molecule has 0 aliphatic carbocycles. The molecule has 0 aromatic rings. The predicted octanol–water partition coefficient (Wildman–Crippen LogP) is 1.42. The van der Waals surface area contributed by atoms with E-state index in [0.29, 0.717) is 6.42 Å². The van der Waals surface area contributed by atoms with Crippen molar-refractivity contribution in [1.29, 1.82) is 0 Å². The molecule has 0 saturated heterocycles. The minimum absolute atomic E-state index is 0.0534. The third-order valence-corrected chi connectivity index (χ3v) is 3.28. The third kappa shape index (κ3) is 8.04. The Labute approximate surface area is 86.1 Å². The van der Waals surface area contributed by atoms with Gasteiger partial charge in [0.25, 0.3) is 0 Å². The molecule has 0 atom stereocenters. The number of carbonyl (C=O) groups excluding carboxylic acids is 1. The van der Waals surface area contributed by atoms with Crippen LogP contribution in [-0.4, -0.2) is 20.6 Å². The van der Waals surface area contributed by atoms with Gasteiger partial charge < -0.3 is 0 Å². The van der Waals surface area contributed by atoms with Crippen LogP contribution < -0.4 is 4.72 Å². The fraction of sp³-hybridized carbons (Fsp3) is 0.889. The van der Waals surface area contributed by atoms with Crippen LogP contribution in [0.4, 0.5) is 0 Å². The first kappa shape index (κ1) is 13.4. The van der Waals surface area contributed by atoms with Gasteiger partial charge >= 0.3 is 0 Å². The van der Waals surface area contributed by atoms with Crippen molar-refractivity contribution < 1.29 is 13.2 Å². The zero-order chi connectivity index (χ0) is 10.9. The minimum atomic E-state index is -3.34. The highest BCUT2D eigenvalue weighted by molar-refractivity contribution is 7.89. The molecule has 1 amide bonds. The van der Waals surface area contributed by atoms with E-state index in [4.69, 9.17) is 0 Å². The second kappa shape index (κ2) is 7.79. The third-order valence-electron chi connectivity index (χ3n) is 1.99. The molecule has 14 heavy (non-hydrogen) atoms. The van der Waals surface area contributed by atoms with E-state index in [1.807, 2.05) is 4.72 Å². The highest BCUT2D eigenvalue weighted by Gasteiger charge is 2.06. The molecule has 4 nitrogen and oxygen atoms in total. The SMILES string of the molecule is CCCCCCCCS(=O)(=O)NC=O. The normalized spacial score (nSPS) is 11.2. The standard InChI is InChI=1S/C9H19NO3S/c1-2-3-4-5-6-7-8-14(12,13)10-9-11/h9H,2-8H2,1H3,(H,10,11). The number of nitrogens with one attached hydrogen (secondary N) is 1. The van der Waals surface area contributed by atoms with Crippen molar-refractivity contribution in [3.63, 3.8) is 0 Å². The van der Waals surface area contributed by atoms with Gasteiger partial charge in [-0.25, -0.2) is 8.42 Å².